The van der Waals surface area contributed by atoms with E-state index in [2.05, 4.69) is 4.90 Å². The number of halogens is 1. The van der Waals surface area contributed by atoms with Crippen LogP contribution in [0.3, 0.4) is 0 Å². The van der Waals surface area contributed by atoms with E-state index in [1.54, 1.807) is 40.7 Å². The van der Waals surface area contributed by atoms with Gasteiger partial charge in [0.05, 0.1) is 23.7 Å². The molecule has 0 bridgehead atoms. The van der Waals surface area contributed by atoms with Crippen LogP contribution < -0.4 is 9.47 Å². The lowest BCUT2D eigenvalue weighted by Crippen LogP contribution is -2.48. The standard InChI is InChI=1S/C27H31FN2O4S.CH2O2/c1-3-33-25-18-21(19-26(34-4-2)27(25)22-10-12-23(28)13-11-22)20-29-14-16-30(17-15-29)35(31,32)24-8-6-5-7-9-24;2-1-3/h5-13,18-19H,3-4,14-17,20H2,1-2H3;1H,(H,2,3). The maximum Gasteiger partial charge on any atom is 0.290 e. The Morgan fingerprint density at radius 1 is 0.895 bits per heavy atom. The van der Waals surface area contributed by atoms with Crippen LogP contribution in [0.25, 0.3) is 11.1 Å². The number of ether oxygens (including phenoxy) is 2. The van der Waals surface area contributed by atoms with Crippen molar-refractivity contribution in [3.8, 4) is 22.6 Å². The molecule has 8 nitrogen and oxygen atoms in total. The van der Waals surface area contributed by atoms with Crippen molar-refractivity contribution in [3.63, 3.8) is 0 Å². The largest absolute Gasteiger partial charge is 0.493 e. The van der Waals surface area contributed by atoms with Crippen LogP contribution in [0.15, 0.2) is 71.6 Å². The lowest BCUT2D eigenvalue weighted by molar-refractivity contribution is -0.122. The van der Waals surface area contributed by atoms with Crippen LogP contribution in [-0.4, -0.2) is 68.6 Å². The number of benzene rings is 3. The Morgan fingerprint density at radius 2 is 1.42 bits per heavy atom. The zero-order valence-electron chi connectivity index (χ0n) is 21.5. The van der Waals surface area contributed by atoms with E-state index in [4.69, 9.17) is 19.4 Å². The van der Waals surface area contributed by atoms with Gasteiger partial charge in [0, 0.05) is 32.7 Å². The van der Waals surface area contributed by atoms with Crippen molar-refractivity contribution in [2.75, 3.05) is 39.4 Å². The predicted octanol–water partition coefficient (Wildman–Crippen LogP) is 4.50. The SMILES string of the molecule is CCOc1cc(CN2CCN(S(=O)(=O)c3ccccc3)CC2)cc(OCC)c1-c1ccc(F)cc1.O=CO. The third kappa shape index (κ3) is 7.31. The molecule has 0 aliphatic carbocycles. The van der Waals surface area contributed by atoms with Crippen molar-refractivity contribution in [3.05, 3.63) is 78.1 Å². The summed E-state index contributed by atoms with van der Waals surface area (Å²) in [6, 6.07) is 18.9. The van der Waals surface area contributed by atoms with E-state index in [1.807, 2.05) is 32.0 Å². The van der Waals surface area contributed by atoms with Gasteiger partial charge in [-0.1, -0.05) is 30.3 Å². The first-order valence-corrected chi connectivity index (χ1v) is 13.8. The summed E-state index contributed by atoms with van der Waals surface area (Å²) < 4.78 is 52.9. The summed E-state index contributed by atoms with van der Waals surface area (Å²) in [6.07, 6.45) is 0. The van der Waals surface area contributed by atoms with Crippen molar-refractivity contribution in [2.45, 2.75) is 25.3 Å². The van der Waals surface area contributed by atoms with Crippen molar-refractivity contribution in [1.82, 2.24) is 9.21 Å². The number of hydrogen-bond donors (Lipinski definition) is 1. The van der Waals surface area contributed by atoms with E-state index in [0.29, 0.717) is 62.3 Å². The highest BCUT2D eigenvalue weighted by atomic mass is 32.2. The van der Waals surface area contributed by atoms with Crippen LogP contribution in [0.2, 0.25) is 0 Å². The number of nitrogens with zero attached hydrogens (tertiary/aromatic N) is 2. The zero-order valence-corrected chi connectivity index (χ0v) is 22.4. The Morgan fingerprint density at radius 3 is 1.92 bits per heavy atom. The Bertz CT molecular complexity index is 1250. The Balaban J connectivity index is 0.00000127. The van der Waals surface area contributed by atoms with Gasteiger partial charge in [-0.3, -0.25) is 9.69 Å². The highest BCUT2D eigenvalue weighted by Gasteiger charge is 2.28. The molecule has 0 amide bonds. The Labute approximate surface area is 223 Å². The first-order valence-electron chi connectivity index (χ1n) is 12.4. The number of hydrogen-bond acceptors (Lipinski definition) is 6. The van der Waals surface area contributed by atoms with Crippen molar-refractivity contribution >= 4 is 16.5 Å². The normalized spacial score (nSPS) is 14.3. The minimum absolute atomic E-state index is 0.250. The van der Waals surface area contributed by atoms with Crippen LogP contribution in [0.1, 0.15) is 19.4 Å². The Hall–Kier alpha value is -3.47. The first kappa shape index (κ1) is 29.1. The molecule has 1 aliphatic heterocycles. The molecule has 1 aliphatic rings. The van der Waals surface area contributed by atoms with Gasteiger partial charge in [-0.15, -0.1) is 0 Å². The molecule has 1 fully saturated rings. The summed E-state index contributed by atoms with van der Waals surface area (Å²) in [5.41, 5.74) is 2.64. The number of piperazine rings is 1. The van der Waals surface area contributed by atoms with Gasteiger partial charge in [-0.25, -0.2) is 12.8 Å². The second-order valence-corrected chi connectivity index (χ2v) is 10.4. The van der Waals surface area contributed by atoms with Crippen LogP contribution >= 0.6 is 0 Å². The highest BCUT2D eigenvalue weighted by Crippen LogP contribution is 2.40. The molecule has 1 saturated heterocycles. The van der Waals surface area contributed by atoms with Crippen LogP contribution in [0, 0.1) is 5.82 Å². The molecule has 3 aromatic rings. The maximum absolute atomic E-state index is 13.5. The molecule has 3 aromatic carbocycles. The van der Waals surface area contributed by atoms with Gasteiger partial charge in [0.15, 0.2) is 0 Å². The molecule has 1 N–H and O–H groups in total. The second-order valence-electron chi connectivity index (χ2n) is 8.44. The van der Waals surface area contributed by atoms with E-state index in [1.165, 1.54) is 12.1 Å². The van der Waals surface area contributed by atoms with E-state index >= 15 is 0 Å². The minimum Gasteiger partial charge on any atom is -0.493 e. The number of rotatable bonds is 9. The molecule has 0 unspecified atom stereocenters. The van der Waals surface area contributed by atoms with Gasteiger partial charge in [-0.2, -0.15) is 4.31 Å². The van der Waals surface area contributed by atoms with Gasteiger partial charge in [-0.05, 0) is 61.4 Å². The molecule has 4 rings (SSSR count). The van der Waals surface area contributed by atoms with Crippen LogP contribution in [0.5, 0.6) is 11.5 Å². The highest BCUT2D eigenvalue weighted by molar-refractivity contribution is 7.89. The fourth-order valence-corrected chi connectivity index (χ4v) is 5.75. The topological polar surface area (TPSA) is 96.4 Å². The van der Waals surface area contributed by atoms with Crippen molar-refractivity contribution in [2.24, 2.45) is 0 Å². The molecule has 10 heteroatoms. The first-order chi connectivity index (χ1) is 18.3. The molecular formula is C28H33FN2O6S. The van der Waals surface area contributed by atoms with E-state index in [9.17, 15) is 12.8 Å². The van der Waals surface area contributed by atoms with Crippen molar-refractivity contribution < 1.29 is 32.2 Å². The molecule has 0 saturated carbocycles. The maximum atomic E-state index is 13.5. The predicted molar refractivity (Wildman–Crippen MR) is 143 cm³/mol. The molecule has 0 aromatic heterocycles. The summed E-state index contributed by atoms with van der Waals surface area (Å²) in [4.78, 5) is 10.9. The summed E-state index contributed by atoms with van der Waals surface area (Å²) >= 11 is 0. The average Bonchev–Trinajstić information content (AvgIpc) is 2.91. The summed E-state index contributed by atoms with van der Waals surface area (Å²) in [6.45, 7) is 7.33. The average molecular weight is 545 g/mol. The summed E-state index contributed by atoms with van der Waals surface area (Å²) in [7, 11) is -3.49. The van der Waals surface area contributed by atoms with Gasteiger partial charge < -0.3 is 14.6 Å². The van der Waals surface area contributed by atoms with Gasteiger partial charge in [0.1, 0.15) is 17.3 Å². The van der Waals surface area contributed by atoms with Crippen LogP contribution in [0.4, 0.5) is 4.39 Å². The van der Waals surface area contributed by atoms with Crippen molar-refractivity contribution in [1.29, 1.82) is 0 Å². The van der Waals surface area contributed by atoms with Gasteiger partial charge >= 0.3 is 0 Å². The number of sulfonamides is 1. The minimum atomic E-state index is -3.49. The zero-order chi connectivity index (χ0) is 27.5. The fourth-order valence-electron chi connectivity index (χ4n) is 4.30. The fraction of sp³-hybridized carbons (Fsp3) is 0.321. The quantitative estimate of drug-likeness (QED) is 0.396. The molecule has 204 valence electrons. The van der Waals surface area contributed by atoms with E-state index < -0.39 is 10.0 Å². The summed E-state index contributed by atoms with van der Waals surface area (Å²) in [5, 5.41) is 6.89. The third-order valence-electron chi connectivity index (χ3n) is 5.98. The monoisotopic (exact) mass is 544 g/mol. The molecule has 1 heterocycles. The lowest BCUT2D eigenvalue weighted by Gasteiger charge is -2.34. The molecule has 0 radical (unpaired) electrons. The smallest absolute Gasteiger partial charge is 0.290 e. The Kier molecular flexibility index (Phi) is 10.6. The molecule has 0 atom stereocenters. The van der Waals surface area contributed by atoms with Gasteiger partial charge in [0.2, 0.25) is 10.0 Å². The molecule has 38 heavy (non-hydrogen) atoms. The molecule has 0 spiro atoms. The number of carboxylic acid groups (broad SMARTS) is 1. The second kappa shape index (κ2) is 13.9. The van der Waals surface area contributed by atoms with Crippen LogP contribution in [-0.2, 0) is 21.4 Å². The van der Waals surface area contributed by atoms with Gasteiger partial charge in [0.25, 0.3) is 6.47 Å². The molecular weight excluding hydrogens is 511 g/mol. The van der Waals surface area contributed by atoms with E-state index in [0.717, 1.165) is 16.7 Å². The number of carbonyl (C=O) groups is 1. The third-order valence-corrected chi connectivity index (χ3v) is 7.89. The van der Waals surface area contributed by atoms with E-state index in [-0.39, 0.29) is 12.3 Å². The summed E-state index contributed by atoms with van der Waals surface area (Å²) in [5.74, 6) is 1.07. The lowest BCUT2D eigenvalue weighted by atomic mass is 10.0.